The number of benzene rings is 1. The van der Waals surface area contributed by atoms with E-state index in [1.807, 2.05) is 36.6 Å². The van der Waals surface area contributed by atoms with Crippen molar-refractivity contribution in [3.8, 4) is 28.0 Å². The minimum absolute atomic E-state index is 0.0955. The Balaban J connectivity index is 1.95. The average Bonchev–Trinajstić information content (AvgIpc) is 3.05. The van der Waals surface area contributed by atoms with Gasteiger partial charge in [0.25, 0.3) is 0 Å². The number of nitrogens with zero attached hydrogens (tertiary/aromatic N) is 3. The molecule has 20 heavy (non-hydrogen) atoms. The Morgan fingerprint density at radius 1 is 1.25 bits per heavy atom. The van der Waals surface area contributed by atoms with Crippen LogP contribution in [0.25, 0.3) is 16.4 Å². The molecule has 0 spiro atoms. The lowest BCUT2D eigenvalue weighted by molar-refractivity contribution is 0.415. The van der Waals surface area contributed by atoms with Crippen LogP contribution in [0.15, 0.2) is 35.7 Å². The molecule has 5 nitrogen and oxygen atoms in total. The van der Waals surface area contributed by atoms with Crippen LogP contribution in [-0.2, 0) is 0 Å². The number of aromatic nitrogens is 3. The first-order chi connectivity index (χ1) is 9.67. The zero-order valence-corrected chi connectivity index (χ0v) is 11.9. The molecule has 0 bridgehead atoms. The van der Waals surface area contributed by atoms with E-state index in [-0.39, 0.29) is 5.88 Å². The van der Waals surface area contributed by atoms with Gasteiger partial charge < -0.3 is 9.84 Å². The highest BCUT2D eigenvalue weighted by Crippen LogP contribution is 2.27. The number of aromatic hydroxyl groups is 1. The summed E-state index contributed by atoms with van der Waals surface area (Å²) in [5.41, 5.74) is 2.60. The summed E-state index contributed by atoms with van der Waals surface area (Å²) in [7, 11) is 1.64. The smallest absolute Gasteiger partial charge is 0.216 e. The monoisotopic (exact) mass is 287 g/mol. The Kier molecular flexibility index (Phi) is 3.15. The average molecular weight is 287 g/mol. The number of aryl methyl sites for hydroxylation is 1. The lowest BCUT2D eigenvalue weighted by Crippen LogP contribution is -1.95. The van der Waals surface area contributed by atoms with Crippen LogP contribution in [0.2, 0.25) is 0 Å². The van der Waals surface area contributed by atoms with Gasteiger partial charge in [-0.3, -0.25) is 0 Å². The van der Waals surface area contributed by atoms with Crippen LogP contribution in [0.1, 0.15) is 5.69 Å². The lowest BCUT2D eigenvalue weighted by atomic mass is 10.2. The first-order valence-electron chi connectivity index (χ1n) is 6.03. The van der Waals surface area contributed by atoms with Crippen molar-refractivity contribution in [2.24, 2.45) is 0 Å². The van der Waals surface area contributed by atoms with E-state index < -0.39 is 0 Å². The summed E-state index contributed by atoms with van der Waals surface area (Å²) in [5, 5.41) is 16.6. The van der Waals surface area contributed by atoms with E-state index in [9.17, 15) is 5.11 Å². The van der Waals surface area contributed by atoms with Crippen molar-refractivity contribution < 1.29 is 9.84 Å². The number of methoxy groups -OCH3 is 1. The summed E-state index contributed by atoms with van der Waals surface area (Å²) in [5.74, 6) is 0.905. The van der Waals surface area contributed by atoms with Gasteiger partial charge in [-0.1, -0.05) is 0 Å². The van der Waals surface area contributed by atoms with E-state index in [1.54, 1.807) is 13.2 Å². The zero-order valence-electron chi connectivity index (χ0n) is 11.1. The molecule has 1 aromatic carbocycles. The summed E-state index contributed by atoms with van der Waals surface area (Å²) >= 11 is 1.43. The molecule has 0 aliphatic heterocycles. The van der Waals surface area contributed by atoms with Gasteiger partial charge in [-0.15, -0.1) is 11.3 Å². The van der Waals surface area contributed by atoms with Crippen molar-refractivity contribution in [3.05, 3.63) is 41.4 Å². The summed E-state index contributed by atoms with van der Waals surface area (Å²) in [4.78, 5) is 4.50. The molecule has 0 aliphatic carbocycles. The van der Waals surface area contributed by atoms with Gasteiger partial charge in [-0.2, -0.15) is 9.78 Å². The summed E-state index contributed by atoms with van der Waals surface area (Å²) in [6.45, 7) is 1.83. The molecular weight excluding hydrogens is 274 g/mol. The Labute approximate surface area is 120 Å². The van der Waals surface area contributed by atoms with Gasteiger partial charge in [0.2, 0.25) is 11.0 Å². The highest BCUT2D eigenvalue weighted by atomic mass is 32.1. The van der Waals surface area contributed by atoms with Crippen molar-refractivity contribution in [1.29, 1.82) is 0 Å². The molecule has 2 heterocycles. The standard InChI is InChI=1S/C14H13N3O2S/c1-9-7-13(18)17(16-9)14-15-12(8-20-14)10-3-5-11(19-2)6-4-10/h3-8,18H,1-2H3. The van der Waals surface area contributed by atoms with Gasteiger partial charge in [-0.05, 0) is 31.2 Å². The molecule has 2 aromatic heterocycles. The predicted molar refractivity (Wildman–Crippen MR) is 77.6 cm³/mol. The van der Waals surface area contributed by atoms with Gasteiger partial charge in [0, 0.05) is 17.0 Å². The third kappa shape index (κ3) is 2.25. The molecule has 0 saturated heterocycles. The highest BCUT2D eigenvalue weighted by Gasteiger charge is 2.11. The number of ether oxygens (including phenoxy) is 1. The van der Waals surface area contributed by atoms with E-state index in [2.05, 4.69) is 10.1 Å². The number of hydrogen-bond donors (Lipinski definition) is 1. The molecule has 3 aromatic rings. The minimum Gasteiger partial charge on any atom is -0.497 e. The Bertz CT molecular complexity index is 731. The normalized spacial score (nSPS) is 10.7. The number of rotatable bonds is 3. The fraction of sp³-hybridized carbons (Fsp3) is 0.143. The van der Waals surface area contributed by atoms with Crippen molar-refractivity contribution in [1.82, 2.24) is 14.8 Å². The van der Waals surface area contributed by atoms with E-state index in [1.165, 1.54) is 16.0 Å². The second kappa shape index (κ2) is 4.97. The lowest BCUT2D eigenvalue weighted by Gasteiger charge is -2.00. The topological polar surface area (TPSA) is 60.2 Å². The second-order valence-corrected chi connectivity index (χ2v) is 5.14. The molecule has 0 aliphatic rings. The Hall–Kier alpha value is -2.34. The molecule has 0 saturated carbocycles. The summed E-state index contributed by atoms with van der Waals surface area (Å²) < 4.78 is 6.57. The van der Waals surface area contributed by atoms with Crippen LogP contribution in [0, 0.1) is 6.92 Å². The fourth-order valence-corrected chi connectivity index (χ4v) is 2.67. The number of thiazole rings is 1. The SMILES string of the molecule is COc1ccc(-c2csc(-n3nc(C)cc3O)n2)cc1. The Morgan fingerprint density at radius 2 is 2.00 bits per heavy atom. The first kappa shape index (κ1) is 12.7. The van der Waals surface area contributed by atoms with E-state index in [0.29, 0.717) is 5.13 Å². The van der Waals surface area contributed by atoms with Gasteiger partial charge in [-0.25, -0.2) is 4.98 Å². The first-order valence-corrected chi connectivity index (χ1v) is 6.91. The molecular formula is C14H13N3O2S. The molecule has 0 unspecified atom stereocenters. The van der Waals surface area contributed by atoms with Crippen molar-refractivity contribution in [3.63, 3.8) is 0 Å². The maximum absolute atomic E-state index is 9.78. The van der Waals surface area contributed by atoms with Crippen molar-refractivity contribution >= 4 is 11.3 Å². The summed E-state index contributed by atoms with van der Waals surface area (Å²) in [6, 6.07) is 9.29. The molecule has 0 atom stereocenters. The van der Waals surface area contributed by atoms with Gasteiger partial charge in [0.05, 0.1) is 18.5 Å². The molecule has 0 amide bonds. The number of hydrogen-bond acceptors (Lipinski definition) is 5. The Morgan fingerprint density at radius 3 is 2.60 bits per heavy atom. The quantitative estimate of drug-likeness (QED) is 0.804. The molecule has 6 heteroatoms. The van der Waals surface area contributed by atoms with Gasteiger partial charge in [0.1, 0.15) is 5.75 Å². The zero-order chi connectivity index (χ0) is 14.1. The van der Waals surface area contributed by atoms with E-state index in [4.69, 9.17) is 4.74 Å². The molecule has 0 radical (unpaired) electrons. The third-order valence-electron chi connectivity index (χ3n) is 2.87. The molecule has 3 rings (SSSR count). The van der Waals surface area contributed by atoms with Crippen LogP contribution < -0.4 is 4.74 Å². The maximum atomic E-state index is 9.78. The molecule has 1 N–H and O–H groups in total. The predicted octanol–water partition coefficient (Wildman–Crippen LogP) is 3.02. The second-order valence-electron chi connectivity index (χ2n) is 4.30. The maximum Gasteiger partial charge on any atom is 0.216 e. The fourth-order valence-electron chi connectivity index (χ4n) is 1.88. The van der Waals surface area contributed by atoms with Crippen LogP contribution in [-0.4, -0.2) is 27.0 Å². The van der Waals surface area contributed by atoms with Crippen molar-refractivity contribution in [2.75, 3.05) is 7.11 Å². The minimum atomic E-state index is 0.0955. The highest BCUT2D eigenvalue weighted by molar-refractivity contribution is 7.12. The van der Waals surface area contributed by atoms with Crippen molar-refractivity contribution in [2.45, 2.75) is 6.92 Å². The molecule has 0 fully saturated rings. The van der Waals surface area contributed by atoms with Crippen LogP contribution in [0.4, 0.5) is 0 Å². The van der Waals surface area contributed by atoms with Gasteiger partial charge in [0.15, 0.2) is 0 Å². The largest absolute Gasteiger partial charge is 0.497 e. The van der Waals surface area contributed by atoms with Crippen LogP contribution >= 0.6 is 11.3 Å². The van der Waals surface area contributed by atoms with Gasteiger partial charge >= 0.3 is 0 Å². The molecule has 102 valence electrons. The summed E-state index contributed by atoms with van der Waals surface area (Å²) in [6.07, 6.45) is 0. The van der Waals surface area contributed by atoms with E-state index >= 15 is 0 Å². The third-order valence-corrected chi connectivity index (χ3v) is 3.69. The van der Waals surface area contributed by atoms with Crippen LogP contribution in [0.5, 0.6) is 11.6 Å². The van der Waals surface area contributed by atoms with Crippen LogP contribution in [0.3, 0.4) is 0 Å². The van der Waals surface area contributed by atoms with E-state index in [0.717, 1.165) is 22.7 Å².